The van der Waals surface area contributed by atoms with Gasteiger partial charge in [0.15, 0.2) is 0 Å². The van der Waals surface area contributed by atoms with Gasteiger partial charge in [-0.25, -0.2) is 13.4 Å². The van der Waals surface area contributed by atoms with Crippen molar-refractivity contribution in [3.05, 3.63) is 54.4 Å². The lowest BCUT2D eigenvalue weighted by molar-refractivity contribution is -0.116. The number of amides is 1. The molecule has 0 bridgehead atoms. The molecule has 3 aromatic rings. The van der Waals surface area contributed by atoms with Crippen LogP contribution in [0.5, 0.6) is 0 Å². The molecule has 28 heavy (non-hydrogen) atoms. The number of nitrogens with one attached hydrogen (secondary N) is 1. The number of rotatable bonds is 3. The zero-order valence-corrected chi connectivity index (χ0v) is 16.0. The molecule has 2 aliphatic heterocycles. The Morgan fingerprint density at radius 3 is 2.86 bits per heavy atom. The molecule has 7 nitrogen and oxygen atoms in total. The van der Waals surface area contributed by atoms with Crippen molar-refractivity contribution in [2.75, 3.05) is 18.4 Å². The fraction of sp³-hybridized carbons (Fsp3) is 0.300. The van der Waals surface area contributed by atoms with Crippen LogP contribution in [0.4, 0.5) is 5.69 Å². The molecule has 2 aliphatic rings. The van der Waals surface area contributed by atoms with E-state index in [0.717, 1.165) is 23.0 Å². The second-order valence-corrected chi connectivity index (χ2v) is 9.25. The summed E-state index contributed by atoms with van der Waals surface area (Å²) in [6.07, 6.45) is 3.50. The minimum Gasteiger partial charge on any atom is -0.326 e. The molecule has 1 aromatic heterocycles. The van der Waals surface area contributed by atoms with E-state index in [2.05, 4.69) is 14.9 Å². The lowest BCUT2D eigenvalue weighted by atomic mass is 10.0. The van der Waals surface area contributed by atoms with Crippen LogP contribution in [0.2, 0.25) is 0 Å². The predicted molar refractivity (Wildman–Crippen MR) is 106 cm³/mol. The van der Waals surface area contributed by atoms with Gasteiger partial charge in [-0.1, -0.05) is 12.1 Å². The Labute approximate surface area is 163 Å². The Balaban J connectivity index is 1.41. The average Bonchev–Trinajstić information content (AvgIpc) is 3.34. The number of anilines is 1. The monoisotopic (exact) mass is 396 g/mol. The van der Waals surface area contributed by atoms with Crippen LogP contribution in [0.1, 0.15) is 24.4 Å². The third kappa shape index (κ3) is 2.80. The molecule has 0 saturated carbocycles. The maximum atomic E-state index is 13.2. The summed E-state index contributed by atoms with van der Waals surface area (Å²) >= 11 is 0. The van der Waals surface area contributed by atoms with Crippen molar-refractivity contribution < 1.29 is 13.2 Å². The number of sulfonamides is 1. The van der Waals surface area contributed by atoms with E-state index in [1.54, 1.807) is 28.8 Å². The number of benzene rings is 2. The Morgan fingerprint density at radius 1 is 1.11 bits per heavy atom. The molecule has 1 fully saturated rings. The molecule has 0 spiro atoms. The lowest BCUT2D eigenvalue weighted by Crippen LogP contribution is -2.29. The number of imidazole rings is 1. The number of para-hydroxylation sites is 2. The largest absolute Gasteiger partial charge is 0.326 e. The zero-order chi connectivity index (χ0) is 19.3. The van der Waals surface area contributed by atoms with E-state index in [-0.39, 0.29) is 11.9 Å². The Kier molecular flexibility index (Phi) is 3.99. The SMILES string of the molecule is O=C1CCc2cc(S(=O)(=O)N3CCC(n4cnc5ccccc54)C3)ccc2N1. The minimum absolute atomic E-state index is 0.0296. The normalized spacial score (nSPS) is 20.3. The molecular weight excluding hydrogens is 376 g/mol. The predicted octanol–water partition coefficient (Wildman–Crippen LogP) is 2.56. The summed E-state index contributed by atoms with van der Waals surface area (Å²) in [5.41, 5.74) is 3.52. The molecular formula is C20H20N4O3S. The van der Waals surface area contributed by atoms with Crippen molar-refractivity contribution in [1.29, 1.82) is 0 Å². The lowest BCUT2D eigenvalue weighted by Gasteiger charge is -2.20. The number of aromatic nitrogens is 2. The van der Waals surface area contributed by atoms with Crippen molar-refractivity contribution in [1.82, 2.24) is 13.9 Å². The number of hydrogen-bond acceptors (Lipinski definition) is 4. The van der Waals surface area contributed by atoms with Crippen LogP contribution in [0.15, 0.2) is 53.7 Å². The van der Waals surface area contributed by atoms with E-state index in [1.807, 2.05) is 24.3 Å². The highest BCUT2D eigenvalue weighted by Crippen LogP contribution is 2.32. The molecule has 1 amide bonds. The van der Waals surface area contributed by atoms with E-state index in [1.165, 1.54) is 0 Å². The first-order valence-electron chi connectivity index (χ1n) is 9.37. The standard InChI is InChI=1S/C20H20N4O3S/c25-20-8-5-14-11-16(6-7-17(14)22-20)28(26,27)23-10-9-15(12-23)24-13-21-18-3-1-2-4-19(18)24/h1-4,6-7,11,13,15H,5,8-10,12H2,(H,22,25). The van der Waals surface area contributed by atoms with Gasteiger partial charge in [0.2, 0.25) is 15.9 Å². The van der Waals surface area contributed by atoms with Gasteiger partial charge in [0, 0.05) is 25.2 Å². The molecule has 3 heterocycles. The topological polar surface area (TPSA) is 84.3 Å². The van der Waals surface area contributed by atoms with E-state index in [0.29, 0.717) is 36.5 Å². The second kappa shape index (κ2) is 6.42. The molecule has 1 unspecified atom stereocenters. The summed E-state index contributed by atoms with van der Waals surface area (Å²) in [7, 11) is -3.58. The van der Waals surface area contributed by atoms with Crippen molar-refractivity contribution in [2.45, 2.75) is 30.2 Å². The van der Waals surface area contributed by atoms with Gasteiger partial charge >= 0.3 is 0 Å². The Hall–Kier alpha value is -2.71. The van der Waals surface area contributed by atoms with Gasteiger partial charge in [0.1, 0.15) is 0 Å². The molecule has 1 saturated heterocycles. The van der Waals surface area contributed by atoms with E-state index >= 15 is 0 Å². The van der Waals surface area contributed by atoms with Crippen LogP contribution >= 0.6 is 0 Å². The number of carbonyl (C=O) groups excluding carboxylic acids is 1. The fourth-order valence-corrected chi connectivity index (χ4v) is 5.64. The molecule has 0 aliphatic carbocycles. The Morgan fingerprint density at radius 2 is 1.96 bits per heavy atom. The highest BCUT2D eigenvalue weighted by atomic mass is 32.2. The first-order chi connectivity index (χ1) is 13.5. The molecule has 1 atom stereocenters. The van der Waals surface area contributed by atoms with Gasteiger partial charge in [-0.15, -0.1) is 0 Å². The average molecular weight is 396 g/mol. The molecule has 2 aromatic carbocycles. The molecule has 0 radical (unpaired) electrons. The first kappa shape index (κ1) is 17.4. The minimum atomic E-state index is -3.58. The van der Waals surface area contributed by atoms with Crippen LogP contribution in [0.25, 0.3) is 11.0 Å². The van der Waals surface area contributed by atoms with E-state index in [4.69, 9.17) is 0 Å². The number of aryl methyl sites for hydroxylation is 1. The summed E-state index contributed by atoms with van der Waals surface area (Å²) in [5.74, 6) is -0.0296. The van der Waals surface area contributed by atoms with Gasteiger partial charge in [0.25, 0.3) is 0 Å². The summed E-state index contributed by atoms with van der Waals surface area (Å²) in [4.78, 5) is 16.2. The van der Waals surface area contributed by atoms with Crippen molar-refractivity contribution >= 4 is 32.7 Å². The summed E-state index contributed by atoms with van der Waals surface area (Å²) in [6, 6.07) is 12.9. The molecule has 8 heteroatoms. The smallest absolute Gasteiger partial charge is 0.243 e. The maximum Gasteiger partial charge on any atom is 0.243 e. The van der Waals surface area contributed by atoms with Gasteiger partial charge in [0.05, 0.1) is 28.3 Å². The van der Waals surface area contributed by atoms with E-state index in [9.17, 15) is 13.2 Å². The third-order valence-corrected chi connectivity index (χ3v) is 7.47. The second-order valence-electron chi connectivity index (χ2n) is 7.31. The first-order valence-corrected chi connectivity index (χ1v) is 10.8. The van der Waals surface area contributed by atoms with Gasteiger partial charge in [-0.3, -0.25) is 4.79 Å². The highest BCUT2D eigenvalue weighted by Gasteiger charge is 2.34. The summed E-state index contributed by atoms with van der Waals surface area (Å²) in [6.45, 7) is 0.907. The van der Waals surface area contributed by atoms with Crippen LogP contribution < -0.4 is 5.32 Å². The van der Waals surface area contributed by atoms with Crippen molar-refractivity contribution in [2.24, 2.45) is 0 Å². The van der Waals surface area contributed by atoms with Gasteiger partial charge in [-0.05, 0) is 48.7 Å². The third-order valence-electron chi connectivity index (χ3n) is 5.61. The number of nitrogens with zero attached hydrogens (tertiary/aromatic N) is 3. The van der Waals surface area contributed by atoms with E-state index < -0.39 is 10.0 Å². The number of carbonyl (C=O) groups is 1. The summed E-state index contributed by atoms with van der Waals surface area (Å²) < 4.78 is 30.0. The number of fused-ring (bicyclic) bond motifs is 2. The van der Waals surface area contributed by atoms with Crippen LogP contribution in [-0.4, -0.2) is 41.3 Å². The summed E-state index contributed by atoms with van der Waals surface area (Å²) in [5, 5.41) is 2.79. The zero-order valence-electron chi connectivity index (χ0n) is 15.2. The van der Waals surface area contributed by atoms with Crippen LogP contribution in [0, 0.1) is 0 Å². The maximum absolute atomic E-state index is 13.2. The quantitative estimate of drug-likeness (QED) is 0.737. The molecule has 5 rings (SSSR count). The van der Waals surface area contributed by atoms with Crippen LogP contribution in [-0.2, 0) is 21.2 Å². The van der Waals surface area contributed by atoms with Crippen molar-refractivity contribution in [3.63, 3.8) is 0 Å². The van der Waals surface area contributed by atoms with Gasteiger partial charge < -0.3 is 9.88 Å². The highest BCUT2D eigenvalue weighted by molar-refractivity contribution is 7.89. The molecule has 144 valence electrons. The van der Waals surface area contributed by atoms with Crippen molar-refractivity contribution in [3.8, 4) is 0 Å². The fourth-order valence-electron chi connectivity index (χ4n) is 4.09. The van der Waals surface area contributed by atoms with Gasteiger partial charge in [-0.2, -0.15) is 4.31 Å². The Bertz CT molecular complexity index is 1190. The van der Waals surface area contributed by atoms with Crippen LogP contribution in [0.3, 0.4) is 0 Å². The molecule has 1 N–H and O–H groups in total. The number of hydrogen-bond donors (Lipinski definition) is 1.